The lowest BCUT2D eigenvalue weighted by molar-refractivity contribution is 0.668. The molecule has 0 saturated carbocycles. The van der Waals surface area contributed by atoms with Crippen molar-refractivity contribution in [3.05, 3.63) is 206 Å². The van der Waals surface area contributed by atoms with E-state index in [-0.39, 0.29) is 0 Å². The molecule has 0 aliphatic heterocycles. The van der Waals surface area contributed by atoms with E-state index in [1.807, 2.05) is 66.7 Å². The van der Waals surface area contributed by atoms with Crippen LogP contribution in [0.2, 0.25) is 0 Å². The molecule has 4 heterocycles. The summed E-state index contributed by atoms with van der Waals surface area (Å²) in [5.41, 5.74) is 13.7. The molecule has 0 saturated heterocycles. The molecule has 0 aliphatic rings. The molecule has 0 atom stereocenters. The van der Waals surface area contributed by atoms with Gasteiger partial charge in [0.15, 0.2) is 17.5 Å². The first-order chi connectivity index (χ1) is 31.2. The van der Waals surface area contributed by atoms with E-state index < -0.39 is 0 Å². The van der Waals surface area contributed by atoms with Gasteiger partial charge in [-0.05, 0) is 76.9 Å². The lowest BCUT2D eigenvalue weighted by Crippen LogP contribution is -2.00. The Balaban J connectivity index is 1.00. The first-order valence-corrected chi connectivity index (χ1v) is 21.1. The van der Waals surface area contributed by atoms with Gasteiger partial charge in [0.2, 0.25) is 0 Å². The fourth-order valence-electron chi connectivity index (χ4n) is 9.36. The minimum atomic E-state index is 0.550. The molecular weight excluding hydrogens is 773 g/mol. The molecule has 0 unspecified atom stereocenters. The van der Waals surface area contributed by atoms with Crippen molar-refractivity contribution in [1.29, 1.82) is 0 Å². The van der Waals surface area contributed by atoms with Gasteiger partial charge in [-0.3, -0.25) is 0 Å². The molecule has 0 aliphatic carbocycles. The van der Waals surface area contributed by atoms with Crippen LogP contribution in [0.3, 0.4) is 0 Å². The van der Waals surface area contributed by atoms with Gasteiger partial charge in [-0.1, -0.05) is 152 Å². The maximum Gasteiger partial charge on any atom is 0.164 e. The molecule has 4 aromatic heterocycles. The molecule has 13 rings (SSSR count). The summed E-state index contributed by atoms with van der Waals surface area (Å²) in [7, 11) is 0. The van der Waals surface area contributed by atoms with E-state index in [1.54, 1.807) is 0 Å². The zero-order valence-corrected chi connectivity index (χ0v) is 33.7. The molecule has 6 nitrogen and oxygen atoms in total. The van der Waals surface area contributed by atoms with E-state index in [0.29, 0.717) is 17.5 Å². The van der Waals surface area contributed by atoms with Crippen molar-refractivity contribution in [3.8, 4) is 62.1 Å². The van der Waals surface area contributed by atoms with Gasteiger partial charge in [-0.15, -0.1) is 0 Å². The summed E-state index contributed by atoms with van der Waals surface area (Å²) >= 11 is 0. The van der Waals surface area contributed by atoms with Crippen LogP contribution >= 0.6 is 0 Å². The molecule has 6 heteroatoms. The highest BCUT2D eigenvalue weighted by Gasteiger charge is 2.21. The second-order valence-electron chi connectivity index (χ2n) is 15.9. The van der Waals surface area contributed by atoms with Crippen molar-refractivity contribution in [2.45, 2.75) is 0 Å². The van der Waals surface area contributed by atoms with Gasteiger partial charge in [-0.2, -0.15) is 0 Å². The number of hydrogen-bond acceptors (Lipinski definition) is 5. The van der Waals surface area contributed by atoms with Crippen molar-refractivity contribution in [1.82, 2.24) is 19.5 Å². The summed E-state index contributed by atoms with van der Waals surface area (Å²) in [5.74, 6) is 1.68. The molecule has 0 N–H and O–H groups in total. The van der Waals surface area contributed by atoms with E-state index >= 15 is 0 Å². The number of rotatable bonds is 6. The van der Waals surface area contributed by atoms with Crippen molar-refractivity contribution in [3.63, 3.8) is 0 Å². The Morgan fingerprint density at radius 3 is 1.67 bits per heavy atom. The van der Waals surface area contributed by atoms with Crippen molar-refractivity contribution >= 4 is 65.7 Å². The first kappa shape index (κ1) is 35.2. The quantitative estimate of drug-likeness (QED) is 0.167. The van der Waals surface area contributed by atoms with Crippen molar-refractivity contribution in [2.24, 2.45) is 0 Å². The minimum absolute atomic E-state index is 0.550. The van der Waals surface area contributed by atoms with E-state index in [1.165, 1.54) is 21.9 Å². The van der Waals surface area contributed by atoms with Crippen LogP contribution < -0.4 is 0 Å². The van der Waals surface area contributed by atoms with Gasteiger partial charge in [0, 0.05) is 54.7 Å². The Bertz CT molecular complexity index is 3900. The molecule has 294 valence electrons. The standard InChI is InChI=1S/C57H34N4O2/c1-4-14-35(15-5-1)38-26-29-43-42-20-10-11-23-47(42)61(48(43)32-38)40-28-31-49-46(34-40)54-45(22-13-25-51(54)62-49)57-59-55(37-18-8-3-9-19-37)58-56(60-57)39-27-30-44-52(33-39)63-50-24-12-21-41(53(44)50)36-16-6-2-7-17-36/h1-34H. The Morgan fingerprint density at radius 2 is 0.889 bits per heavy atom. The monoisotopic (exact) mass is 806 g/mol. The average molecular weight is 807 g/mol. The van der Waals surface area contributed by atoms with Gasteiger partial charge < -0.3 is 13.4 Å². The summed E-state index contributed by atoms with van der Waals surface area (Å²) < 4.78 is 15.5. The van der Waals surface area contributed by atoms with Gasteiger partial charge in [-0.25, -0.2) is 15.0 Å². The van der Waals surface area contributed by atoms with Crippen LogP contribution in [0.15, 0.2) is 215 Å². The smallest absolute Gasteiger partial charge is 0.164 e. The Hall–Kier alpha value is -8.61. The third-order valence-corrected chi connectivity index (χ3v) is 12.3. The summed E-state index contributed by atoms with van der Waals surface area (Å²) in [5, 5.41) is 6.44. The number of nitrogens with zero attached hydrogens (tertiary/aromatic N) is 4. The molecule has 9 aromatic carbocycles. The molecule has 0 bridgehead atoms. The lowest BCUT2D eigenvalue weighted by atomic mass is 9.99. The van der Waals surface area contributed by atoms with Crippen LogP contribution in [0.1, 0.15) is 0 Å². The zero-order chi connectivity index (χ0) is 41.4. The van der Waals surface area contributed by atoms with E-state index in [0.717, 1.165) is 88.4 Å². The fraction of sp³-hybridized carbons (Fsp3) is 0. The van der Waals surface area contributed by atoms with Crippen LogP contribution in [-0.2, 0) is 0 Å². The number of aromatic nitrogens is 4. The zero-order valence-electron chi connectivity index (χ0n) is 33.7. The van der Waals surface area contributed by atoms with Crippen LogP contribution in [0.5, 0.6) is 0 Å². The number of fused-ring (bicyclic) bond motifs is 9. The van der Waals surface area contributed by atoms with Gasteiger partial charge >= 0.3 is 0 Å². The van der Waals surface area contributed by atoms with E-state index in [4.69, 9.17) is 23.8 Å². The highest BCUT2D eigenvalue weighted by Crippen LogP contribution is 2.42. The maximum atomic E-state index is 6.59. The van der Waals surface area contributed by atoms with Crippen LogP contribution in [0.25, 0.3) is 128 Å². The van der Waals surface area contributed by atoms with Crippen molar-refractivity contribution in [2.75, 3.05) is 0 Å². The highest BCUT2D eigenvalue weighted by atomic mass is 16.3. The number of benzene rings is 9. The molecule has 0 radical (unpaired) electrons. The van der Waals surface area contributed by atoms with Gasteiger partial charge in [0.05, 0.1) is 11.0 Å². The Morgan fingerprint density at radius 1 is 0.302 bits per heavy atom. The summed E-state index contributed by atoms with van der Waals surface area (Å²) in [6, 6.07) is 71.5. The Kier molecular flexibility index (Phi) is 7.80. The summed E-state index contributed by atoms with van der Waals surface area (Å²) in [6.45, 7) is 0. The highest BCUT2D eigenvalue weighted by molar-refractivity contribution is 6.15. The Labute approximate surface area is 361 Å². The van der Waals surface area contributed by atoms with Gasteiger partial charge in [0.25, 0.3) is 0 Å². The molecule has 63 heavy (non-hydrogen) atoms. The normalized spacial score (nSPS) is 11.8. The predicted octanol–water partition coefficient (Wildman–Crippen LogP) is 15.1. The largest absolute Gasteiger partial charge is 0.456 e. The molecule has 0 spiro atoms. The third-order valence-electron chi connectivity index (χ3n) is 12.3. The average Bonchev–Trinajstić information content (AvgIpc) is 4.03. The summed E-state index contributed by atoms with van der Waals surface area (Å²) in [6.07, 6.45) is 0. The summed E-state index contributed by atoms with van der Waals surface area (Å²) in [4.78, 5) is 15.5. The van der Waals surface area contributed by atoms with E-state index in [9.17, 15) is 0 Å². The molecule has 13 aromatic rings. The SMILES string of the molecule is c1ccc(-c2ccc3c4ccccc4n(-c4ccc5oc6cccc(-c7nc(-c8ccccc8)nc(-c8ccc9c(c8)oc8cccc(-c%10ccccc%10)c89)n7)c6c5c4)c3c2)cc1. The topological polar surface area (TPSA) is 69.9 Å². The van der Waals surface area contributed by atoms with Gasteiger partial charge in [0.1, 0.15) is 22.3 Å². The van der Waals surface area contributed by atoms with E-state index in [2.05, 4.69) is 144 Å². The molecular formula is C57H34N4O2. The first-order valence-electron chi connectivity index (χ1n) is 21.1. The maximum absolute atomic E-state index is 6.59. The fourth-order valence-corrected chi connectivity index (χ4v) is 9.36. The minimum Gasteiger partial charge on any atom is -0.456 e. The van der Waals surface area contributed by atoms with Crippen LogP contribution in [0, 0.1) is 0 Å². The van der Waals surface area contributed by atoms with Crippen LogP contribution in [0.4, 0.5) is 0 Å². The predicted molar refractivity (Wildman–Crippen MR) is 256 cm³/mol. The molecule has 0 fully saturated rings. The number of hydrogen-bond donors (Lipinski definition) is 0. The molecule has 0 amide bonds. The second-order valence-corrected chi connectivity index (χ2v) is 15.9. The number of furan rings is 2. The number of para-hydroxylation sites is 1. The lowest BCUT2D eigenvalue weighted by Gasteiger charge is -2.10. The third kappa shape index (κ3) is 5.69. The van der Waals surface area contributed by atoms with Crippen LogP contribution in [-0.4, -0.2) is 19.5 Å². The second kappa shape index (κ2) is 14.0. The van der Waals surface area contributed by atoms with Crippen molar-refractivity contribution < 1.29 is 8.83 Å².